The molecule has 0 radical (unpaired) electrons. The van der Waals surface area contributed by atoms with Gasteiger partial charge in [-0.15, -0.1) is 0 Å². The number of aromatic amines is 1. The van der Waals surface area contributed by atoms with E-state index >= 15 is 0 Å². The van der Waals surface area contributed by atoms with Crippen molar-refractivity contribution in [1.29, 1.82) is 0 Å². The van der Waals surface area contributed by atoms with E-state index in [2.05, 4.69) is 35.3 Å². The predicted molar refractivity (Wildman–Crippen MR) is 123 cm³/mol. The number of hydrogen-bond acceptors (Lipinski definition) is 7. The monoisotopic (exact) mass is 468 g/mol. The van der Waals surface area contributed by atoms with Crippen LogP contribution < -0.4 is 5.32 Å². The van der Waals surface area contributed by atoms with Gasteiger partial charge in [0.2, 0.25) is 0 Å². The molecule has 1 saturated carbocycles. The molecule has 1 aliphatic heterocycles. The van der Waals surface area contributed by atoms with Gasteiger partial charge in [0.15, 0.2) is 5.65 Å². The fourth-order valence-electron chi connectivity index (χ4n) is 5.18. The van der Waals surface area contributed by atoms with Crippen molar-refractivity contribution < 1.29 is 13.5 Å². The molecule has 2 fully saturated rings. The SMILES string of the molecule is FC(F)c1cnc2ccc(-c3c[nH]c4ncnc(N[C@H]5CC[C@H](N6CCOCC6)CC5)c34)nn12. The first-order valence-electron chi connectivity index (χ1n) is 11.7. The second kappa shape index (κ2) is 8.88. The summed E-state index contributed by atoms with van der Waals surface area (Å²) in [6.07, 6.45) is 6.24. The Morgan fingerprint density at radius 2 is 1.88 bits per heavy atom. The van der Waals surface area contributed by atoms with Crippen LogP contribution in [0.15, 0.2) is 30.9 Å². The molecule has 34 heavy (non-hydrogen) atoms. The summed E-state index contributed by atoms with van der Waals surface area (Å²) in [5.41, 5.74) is 2.13. The van der Waals surface area contributed by atoms with Gasteiger partial charge in [0.05, 0.1) is 30.5 Å². The van der Waals surface area contributed by atoms with E-state index in [-0.39, 0.29) is 5.69 Å². The van der Waals surface area contributed by atoms with Gasteiger partial charge in [-0.2, -0.15) is 5.10 Å². The molecule has 0 unspecified atom stereocenters. The lowest BCUT2D eigenvalue weighted by atomic mass is 9.90. The normalized spacial score (nSPS) is 22.1. The largest absolute Gasteiger partial charge is 0.379 e. The van der Waals surface area contributed by atoms with Crippen molar-refractivity contribution in [3.8, 4) is 11.3 Å². The summed E-state index contributed by atoms with van der Waals surface area (Å²) in [6, 6.07) is 4.40. The van der Waals surface area contributed by atoms with E-state index in [0.29, 0.717) is 29.1 Å². The van der Waals surface area contributed by atoms with Crippen molar-refractivity contribution >= 4 is 22.5 Å². The Bertz CT molecular complexity index is 1290. The van der Waals surface area contributed by atoms with Gasteiger partial charge in [0, 0.05) is 36.9 Å². The van der Waals surface area contributed by atoms with Crippen LogP contribution in [0, 0.1) is 0 Å². The van der Waals surface area contributed by atoms with Crippen LogP contribution in [0.4, 0.5) is 14.6 Å². The van der Waals surface area contributed by atoms with E-state index < -0.39 is 6.43 Å². The molecule has 4 aromatic rings. The van der Waals surface area contributed by atoms with Crippen LogP contribution in [0.5, 0.6) is 0 Å². The molecule has 0 atom stereocenters. The number of aromatic nitrogens is 6. The van der Waals surface area contributed by atoms with Crippen molar-refractivity contribution in [3.63, 3.8) is 0 Å². The average molecular weight is 469 g/mol. The molecule has 5 heterocycles. The first-order valence-corrected chi connectivity index (χ1v) is 11.7. The number of anilines is 1. The highest BCUT2D eigenvalue weighted by Crippen LogP contribution is 2.33. The first kappa shape index (κ1) is 21.4. The number of rotatable bonds is 5. The third-order valence-electron chi connectivity index (χ3n) is 6.96. The van der Waals surface area contributed by atoms with E-state index in [9.17, 15) is 8.78 Å². The zero-order valence-electron chi connectivity index (χ0n) is 18.6. The molecular weight excluding hydrogens is 442 g/mol. The number of fused-ring (bicyclic) bond motifs is 2. The molecule has 11 heteroatoms. The minimum absolute atomic E-state index is 0.233. The quantitative estimate of drug-likeness (QED) is 0.461. The molecule has 1 aliphatic carbocycles. The van der Waals surface area contributed by atoms with Crippen LogP contribution in [0.25, 0.3) is 27.9 Å². The van der Waals surface area contributed by atoms with Crippen molar-refractivity contribution in [1.82, 2.24) is 34.4 Å². The van der Waals surface area contributed by atoms with E-state index in [1.165, 1.54) is 10.8 Å². The summed E-state index contributed by atoms with van der Waals surface area (Å²) in [7, 11) is 0. The molecule has 178 valence electrons. The smallest absolute Gasteiger partial charge is 0.282 e. The fraction of sp³-hybridized carbons (Fsp3) is 0.478. The van der Waals surface area contributed by atoms with E-state index in [1.807, 2.05) is 0 Å². The third kappa shape index (κ3) is 3.88. The minimum atomic E-state index is -2.66. The Balaban J connectivity index is 1.26. The minimum Gasteiger partial charge on any atom is -0.379 e. The third-order valence-corrected chi connectivity index (χ3v) is 6.96. The lowest BCUT2D eigenvalue weighted by Crippen LogP contribution is -2.46. The van der Waals surface area contributed by atoms with Gasteiger partial charge in [-0.05, 0) is 37.8 Å². The molecule has 2 aliphatic rings. The summed E-state index contributed by atoms with van der Waals surface area (Å²) in [5.74, 6) is 0.734. The number of halogens is 2. The molecule has 0 aromatic carbocycles. The maximum Gasteiger partial charge on any atom is 0.282 e. The highest BCUT2D eigenvalue weighted by molar-refractivity contribution is 6.00. The highest BCUT2D eigenvalue weighted by Gasteiger charge is 2.28. The summed E-state index contributed by atoms with van der Waals surface area (Å²) >= 11 is 0. The molecular formula is C23H26F2N8O. The summed E-state index contributed by atoms with van der Waals surface area (Å²) in [4.78, 5) is 18.6. The van der Waals surface area contributed by atoms with Crippen LogP contribution in [0.1, 0.15) is 37.8 Å². The molecule has 4 aromatic heterocycles. The van der Waals surface area contributed by atoms with Gasteiger partial charge in [0.25, 0.3) is 6.43 Å². The molecule has 0 bridgehead atoms. The summed E-state index contributed by atoms with van der Waals surface area (Å²) in [5, 5.41) is 8.89. The number of nitrogens with one attached hydrogen (secondary N) is 2. The van der Waals surface area contributed by atoms with Gasteiger partial charge < -0.3 is 15.0 Å². The van der Waals surface area contributed by atoms with Crippen molar-refractivity contribution in [2.45, 2.75) is 44.2 Å². The maximum absolute atomic E-state index is 13.4. The lowest BCUT2D eigenvalue weighted by molar-refractivity contribution is 0.00791. The Hall–Kier alpha value is -3.18. The van der Waals surface area contributed by atoms with E-state index in [1.54, 1.807) is 18.3 Å². The molecule has 0 amide bonds. The van der Waals surface area contributed by atoms with Crippen LogP contribution in [0.2, 0.25) is 0 Å². The number of hydrogen-bond donors (Lipinski definition) is 2. The molecule has 6 rings (SSSR count). The number of nitrogens with zero attached hydrogens (tertiary/aromatic N) is 6. The van der Waals surface area contributed by atoms with Crippen molar-refractivity contribution in [2.24, 2.45) is 0 Å². The zero-order chi connectivity index (χ0) is 23.1. The van der Waals surface area contributed by atoms with Gasteiger partial charge in [-0.3, -0.25) is 4.90 Å². The number of ether oxygens (including phenoxy) is 1. The molecule has 2 N–H and O–H groups in total. The predicted octanol–water partition coefficient (Wildman–Crippen LogP) is 3.66. The average Bonchev–Trinajstić information content (AvgIpc) is 3.50. The van der Waals surface area contributed by atoms with Gasteiger partial charge in [-0.25, -0.2) is 28.2 Å². The van der Waals surface area contributed by atoms with Gasteiger partial charge in [-0.1, -0.05) is 0 Å². The van der Waals surface area contributed by atoms with Crippen molar-refractivity contribution in [2.75, 3.05) is 31.6 Å². The molecule has 0 spiro atoms. The Labute approximate surface area is 194 Å². The van der Waals surface area contributed by atoms with Crippen LogP contribution in [-0.2, 0) is 4.74 Å². The van der Waals surface area contributed by atoms with Crippen molar-refractivity contribution in [3.05, 3.63) is 36.5 Å². The highest BCUT2D eigenvalue weighted by atomic mass is 19.3. The number of imidazole rings is 1. The van der Waals surface area contributed by atoms with Crippen LogP contribution in [-0.4, -0.2) is 72.8 Å². The maximum atomic E-state index is 13.4. The zero-order valence-corrected chi connectivity index (χ0v) is 18.6. The summed E-state index contributed by atoms with van der Waals surface area (Å²) in [6.45, 7) is 3.68. The Morgan fingerprint density at radius 1 is 1.06 bits per heavy atom. The number of morpholine rings is 1. The number of alkyl halides is 2. The molecule has 9 nitrogen and oxygen atoms in total. The van der Waals surface area contributed by atoms with Gasteiger partial charge in [0.1, 0.15) is 23.5 Å². The van der Waals surface area contributed by atoms with Crippen LogP contribution in [0.3, 0.4) is 0 Å². The Kier molecular flexibility index (Phi) is 5.58. The number of H-pyrrole nitrogens is 1. The van der Waals surface area contributed by atoms with Gasteiger partial charge >= 0.3 is 0 Å². The topological polar surface area (TPSA) is 96.3 Å². The lowest BCUT2D eigenvalue weighted by Gasteiger charge is -2.39. The standard InChI is InChI=1S/C23H26F2N8O/c24-21(25)18-12-26-19-6-5-17(31-33(18)19)16-11-27-22-20(16)23(29-13-28-22)30-14-1-3-15(4-2-14)32-7-9-34-10-8-32/h5-6,11-15,21H,1-4,7-10H2,(H2,27,28,29,30)/t14-,15-. The second-order valence-electron chi connectivity index (χ2n) is 8.92. The Morgan fingerprint density at radius 3 is 2.68 bits per heavy atom. The summed E-state index contributed by atoms with van der Waals surface area (Å²) < 4.78 is 33.5. The second-order valence-corrected chi connectivity index (χ2v) is 8.92. The fourth-order valence-corrected chi connectivity index (χ4v) is 5.18. The molecule has 1 saturated heterocycles. The first-order chi connectivity index (χ1) is 16.7. The van der Waals surface area contributed by atoms with E-state index in [0.717, 1.165) is 75.0 Å². The van der Waals surface area contributed by atoms with Crippen LogP contribution >= 0.6 is 0 Å². The van der Waals surface area contributed by atoms with E-state index in [4.69, 9.17) is 4.74 Å².